The van der Waals surface area contributed by atoms with Gasteiger partial charge in [-0.05, 0) is 12.1 Å². The van der Waals surface area contributed by atoms with E-state index in [2.05, 4.69) is 0 Å². The van der Waals surface area contributed by atoms with Gasteiger partial charge in [-0.15, -0.1) is 0 Å². The van der Waals surface area contributed by atoms with Gasteiger partial charge in [0.2, 0.25) is 0 Å². The second-order valence-electron chi connectivity index (χ2n) is 3.23. The SMILES string of the molecule is O=c1ccc2c(O)cc3occc3c2o1. The maximum Gasteiger partial charge on any atom is 0.336 e. The smallest absolute Gasteiger partial charge is 0.336 e. The monoisotopic (exact) mass is 202 g/mol. The summed E-state index contributed by atoms with van der Waals surface area (Å²) >= 11 is 0. The molecule has 0 aliphatic carbocycles. The number of rotatable bonds is 0. The highest BCUT2D eigenvalue weighted by atomic mass is 16.4. The zero-order valence-corrected chi connectivity index (χ0v) is 7.56. The molecular formula is C11H6O4. The van der Waals surface area contributed by atoms with Gasteiger partial charge < -0.3 is 13.9 Å². The summed E-state index contributed by atoms with van der Waals surface area (Å²) in [5, 5.41) is 10.8. The van der Waals surface area contributed by atoms with Crippen LogP contribution in [0.4, 0.5) is 0 Å². The Bertz CT molecular complexity index is 705. The quantitative estimate of drug-likeness (QED) is 0.568. The van der Waals surface area contributed by atoms with Crippen LogP contribution in [0.1, 0.15) is 0 Å². The largest absolute Gasteiger partial charge is 0.507 e. The molecule has 0 saturated carbocycles. The Balaban J connectivity index is 2.69. The Hall–Kier alpha value is -2.23. The predicted molar refractivity (Wildman–Crippen MR) is 53.9 cm³/mol. The molecule has 0 amide bonds. The molecule has 0 atom stereocenters. The Labute approximate surface area is 83.3 Å². The molecule has 3 rings (SSSR count). The molecule has 4 heteroatoms. The first-order chi connectivity index (χ1) is 7.25. The lowest BCUT2D eigenvalue weighted by Crippen LogP contribution is -1.94. The molecule has 0 aliphatic heterocycles. The van der Waals surface area contributed by atoms with Crippen LogP contribution < -0.4 is 5.63 Å². The molecule has 1 N–H and O–H groups in total. The highest BCUT2D eigenvalue weighted by Gasteiger charge is 2.10. The van der Waals surface area contributed by atoms with E-state index in [4.69, 9.17) is 8.83 Å². The van der Waals surface area contributed by atoms with Gasteiger partial charge >= 0.3 is 5.63 Å². The van der Waals surface area contributed by atoms with Crippen molar-refractivity contribution in [2.75, 3.05) is 0 Å². The van der Waals surface area contributed by atoms with Gasteiger partial charge in [-0.1, -0.05) is 0 Å². The van der Waals surface area contributed by atoms with Crippen molar-refractivity contribution in [3.05, 3.63) is 40.9 Å². The fourth-order valence-electron chi connectivity index (χ4n) is 1.64. The molecule has 2 aromatic heterocycles. The van der Waals surface area contributed by atoms with E-state index in [-0.39, 0.29) is 5.75 Å². The summed E-state index contributed by atoms with van der Waals surface area (Å²) in [6.45, 7) is 0. The Morgan fingerprint density at radius 3 is 2.87 bits per heavy atom. The molecule has 3 aromatic rings. The van der Waals surface area contributed by atoms with Crippen molar-refractivity contribution in [1.29, 1.82) is 0 Å². The molecule has 0 saturated heterocycles. The maximum absolute atomic E-state index is 11.1. The predicted octanol–water partition coefficient (Wildman–Crippen LogP) is 2.24. The molecule has 1 aromatic carbocycles. The zero-order valence-electron chi connectivity index (χ0n) is 7.56. The lowest BCUT2D eigenvalue weighted by Gasteiger charge is -1.99. The van der Waals surface area contributed by atoms with E-state index in [1.165, 1.54) is 24.5 Å². The average molecular weight is 202 g/mol. The molecular weight excluding hydrogens is 196 g/mol. The summed E-state index contributed by atoms with van der Waals surface area (Å²) in [4.78, 5) is 11.1. The third-order valence-electron chi connectivity index (χ3n) is 2.32. The molecule has 0 bridgehead atoms. The molecule has 0 aliphatic rings. The van der Waals surface area contributed by atoms with Crippen LogP contribution in [0.25, 0.3) is 21.9 Å². The van der Waals surface area contributed by atoms with Crippen molar-refractivity contribution in [2.45, 2.75) is 0 Å². The molecule has 15 heavy (non-hydrogen) atoms. The van der Waals surface area contributed by atoms with E-state index in [1.807, 2.05) is 0 Å². The van der Waals surface area contributed by atoms with Gasteiger partial charge in [-0.2, -0.15) is 0 Å². The van der Waals surface area contributed by atoms with E-state index in [9.17, 15) is 9.90 Å². The van der Waals surface area contributed by atoms with Crippen LogP contribution >= 0.6 is 0 Å². The molecule has 2 heterocycles. The van der Waals surface area contributed by atoms with Crippen molar-refractivity contribution in [2.24, 2.45) is 0 Å². The Morgan fingerprint density at radius 1 is 1.13 bits per heavy atom. The maximum atomic E-state index is 11.1. The van der Waals surface area contributed by atoms with Gasteiger partial charge in [0.25, 0.3) is 0 Å². The summed E-state index contributed by atoms with van der Waals surface area (Å²) in [7, 11) is 0. The number of phenols is 1. The minimum absolute atomic E-state index is 0.0381. The van der Waals surface area contributed by atoms with Gasteiger partial charge in [-0.3, -0.25) is 0 Å². The van der Waals surface area contributed by atoms with Gasteiger partial charge in [-0.25, -0.2) is 4.79 Å². The minimum atomic E-state index is -0.449. The molecule has 0 radical (unpaired) electrons. The van der Waals surface area contributed by atoms with Crippen LogP contribution in [-0.2, 0) is 0 Å². The Kier molecular flexibility index (Phi) is 1.42. The van der Waals surface area contributed by atoms with E-state index in [1.54, 1.807) is 6.07 Å². The van der Waals surface area contributed by atoms with Gasteiger partial charge in [0.15, 0.2) is 5.58 Å². The summed E-state index contributed by atoms with van der Waals surface area (Å²) in [6.07, 6.45) is 1.48. The summed E-state index contributed by atoms with van der Waals surface area (Å²) in [5.74, 6) is 0.0381. The number of phenolic OH excluding ortho intramolecular Hbond substituents is 1. The standard InChI is InChI=1S/C11H6O4/c12-8-5-9-7(3-4-14-9)11-6(8)1-2-10(13)15-11/h1-5,12H. The van der Waals surface area contributed by atoms with E-state index < -0.39 is 5.63 Å². The topological polar surface area (TPSA) is 63.6 Å². The number of benzene rings is 1. The van der Waals surface area contributed by atoms with Crippen LogP contribution in [0.5, 0.6) is 5.75 Å². The first-order valence-corrected chi connectivity index (χ1v) is 4.39. The number of hydrogen-bond acceptors (Lipinski definition) is 4. The normalized spacial score (nSPS) is 11.2. The highest BCUT2D eigenvalue weighted by molar-refractivity contribution is 6.04. The van der Waals surface area contributed by atoms with Gasteiger partial charge in [0.05, 0.1) is 17.0 Å². The number of aromatic hydroxyl groups is 1. The molecule has 4 nitrogen and oxygen atoms in total. The third-order valence-corrected chi connectivity index (χ3v) is 2.32. The minimum Gasteiger partial charge on any atom is -0.507 e. The van der Waals surface area contributed by atoms with Crippen LogP contribution in [0.3, 0.4) is 0 Å². The first-order valence-electron chi connectivity index (χ1n) is 4.39. The van der Waals surface area contributed by atoms with Crippen molar-refractivity contribution in [3.8, 4) is 5.75 Å². The first kappa shape index (κ1) is 8.11. The summed E-state index contributed by atoms with van der Waals surface area (Å²) in [6, 6.07) is 5.99. The lowest BCUT2D eigenvalue weighted by atomic mass is 10.1. The van der Waals surface area contributed by atoms with Crippen molar-refractivity contribution >= 4 is 21.9 Å². The second kappa shape index (κ2) is 2.63. The molecule has 0 spiro atoms. The molecule has 74 valence electrons. The zero-order chi connectivity index (χ0) is 10.4. The van der Waals surface area contributed by atoms with Crippen LogP contribution in [0.2, 0.25) is 0 Å². The van der Waals surface area contributed by atoms with Crippen molar-refractivity contribution in [3.63, 3.8) is 0 Å². The molecule has 0 unspecified atom stereocenters. The van der Waals surface area contributed by atoms with E-state index >= 15 is 0 Å². The van der Waals surface area contributed by atoms with Gasteiger partial charge in [0, 0.05) is 12.1 Å². The fraction of sp³-hybridized carbons (Fsp3) is 0. The van der Waals surface area contributed by atoms with Crippen molar-refractivity contribution < 1.29 is 13.9 Å². The average Bonchev–Trinajstić information content (AvgIpc) is 2.65. The fourth-order valence-corrected chi connectivity index (χ4v) is 1.64. The third kappa shape index (κ3) is 1.05. The van der Waals surface area contributed by atoms with Gasteiger partial charge in [0.1, 0.15) is 11.3 Å². The number of furan rings is 1. The van der Waals surface area contributed by atoms with E-state index in [0.717, 1.165) is 0 Å². The van der Waals surface area contributed by atoms with Crippen LogP contribution in [-0.4, -0.2) is 5.11 Å². The van der Waals surface area contributed by atoms with Crippen LogP contribution in [0, 0.1) is 0 Å². The summed E-state index contributed by atoms with van der Waals surface area (Å²) < 4.78 is 10.2. The lowest BCUT2D eigenvalue weighted by molar-refractivity contribution is 0.478. The number of fused-ring (bicyclic) bond motifs is 3. The summed E-state index contributed by atoms with van der Waals surface area (Å²) in [5.41, 5.74) is 0.399. The highest BCUT2D eigenvalue weighted by Crippen LogP contribution is 2.32. The second-order valence-corrected chi connectivity index (χ2v) is 3.23. The van der Waals surface area contributed by atoms with Crippen molar-refractivity contribution in [1.82, 2.24) is 0 Å². The molecule has 0 fully saturated rings. The number of hydrogen-bond donors (Lipinski definition) is 1. The Morgan fingerprint density at radius 2 is 2.00 bits per heavy atom. The van der Waals surface area contributed by atoms with E-state index in [0.29, 0.717) is 21.9 Å². The van der Waals surface area contributed by atoms with Crippen LogP contribution in [0.15, 0.2) is 44.2 Å².